The number of aromatic hydroxyl groups is 1. The maximum absolute atomic E-state index is 9.33. The molecule has 15 heavy (non-hydrogen) atoms. The molecule has 3 rings (SSSR count). The quantitative estimate of drug-likeness (QED) is 0.562. The van der Waals surface area contributed by atoms with Gasteiger partial charge in [-0.15, -0.1) is 0 Å². The number of aromatic amines is 2. The van der Waals surface area contributed by atoms with Gasteiger partial charge in [0.2, 0.25) is 0 Å². The smallest absolute Gasteiger partial charge is 0.117 e. The van der Waals surface area contributed by atoms with E-state index in [1.165, 1.54) is 0 Å². The van der Waals surface area contributed by atoms with Crippen molar-refractivity contribution in [2.24, 2.45) is 0 Å². The molecular formula is C11H9N3O. The van der Waals surface area contributed by atoms with Crippen LogP contribution in [0.5, 0.6) is 5.75 Å². The Bertz CT molecular complexity index is 595. The van der Waals surface area contributed by atoms with Crippen LogP contribution in [-0.4, -0.2) is 20.3 Å². The third-order valence-electron chi connectivity index (χ3n) is 2.38. The highest BCUT2D eigenvalue weighted by molar-refractivity contribution is 5.86. The van der Waals surface area contributed by atoms with Gasteiger partial charge < -0.3 is 10.1 Å². The number of H-pyrrole nitrogens is 2. The molecule has 2 aromatic heterocycles. The van der Waals surface area contributed by atoms with Gasteiger partial charge in [0.05, 0.1) is 5.69 Å². The lowest BCUT2D eigenvalue weighted by atomic mass is 10.2. The predicted octanol–water partition coefficient (Wildman–Crippen LogP) is 2.26. The van der Waals surface area contributed by atoms with Crippen molar-refractivity contribution < 1.29 is 5.11 Å². The zero-order valence-electron chi connectivity index (χ0n) is 7.86. The van der Waals surface area contributed by atoms with Gasteiger partial charge in [0.1, 0.15) is 11.4 Å². The Morgan fingerprint density at radius 2 is 2.07 bits per heavy atom. The first-order valence-electron chi connectivity index (χ1n) is 4.65. The molecule has 0 atom stereocenters. The van der Waals surface area contributed by atoms with Gasteiger partial charge in [-0.25, -0.2) is 0 Å². The molecule has 0 fully saturated rings. The molecule has 3 aromatic rings. The summed E-state index contributed by atoms with van der Waals surface area (Å²) in [6.07, 6.45) is 1.78. The van der Waals surface area contributed by atoms with Gasteiger partial charge in [-0.1, -0.05) is 0 Å². The highest BCUT2D eigenvalue weighted by atomic mass is 16.3. The molecule has 0 saturated heterocycles. The standard InChI is InChI=1S/C11H9N3O/c15-8-2-1-7-5-11(13-10(7)6-8)9-3-4-12-14-9/h1-6,13,15H,(H,12,14). The van der Waals surface area contributed by atoms with Gasteiger partial charge in [0.15, 0.2) is 0 Å². The molecule has 0 amide bonds. The lowest BCUT2D eigenvalue weighted by Gasteiger charge is -1.90. The van der Waals surface area contributed by atoms with Crippen LogP contribution in [0.25, 0.3) is 22.3 Å². The van der Waals surface area contributed by atoms with E-state index in [2.05, 4.69) is 15.2 Å². The van der Waals surface area contributed by atoms with E-state index in [1.54, 1.807) is 18.3 Å². The number of phenols is 1. The van der Waals surface area contributed by atoms with Crippen molar-refractivity contribution in [3.63, 3.8) is 0 Å². The number of hydrogen-bond donors (Lipinski definition) is 3. The van der Waals surface area contributed by atoms with E-state index < -0.39 is 0 Å². The molecule has 0 unspecified atom stereocenters. The maximum atomic E-state index is 9.33. The number of nitrogens with zero attached hydrogens (tertiary/aromatic N) is 1. The maximum Gasteiger partial charge on any atom is 0.117 e. The molecule has 4 nitrogen and oxygen atoms in total. The summed E-state index contributed by atoms with van der Waals surface area (Å²) in [5.41, 5.74) is 2.72. The summed E-state index contributed by atoms with van der Waals surface area (Å²) in [7, 11) is 0. The first-order chi connectivity index (χ1) is 7.33. The van der Waals surface area contributed by atoms with E-state index in [1.807, 2.05) is 18.2 Å². The number of benzene rings is 1. The molecule has 0 aliphatic carbocycles. The van der Waals surface area contributed by atoms with E-state index in [4.69, 9.17) is 0 Å². The molecule has 0 saturated carbocycles. The summed E-state index contributed by atoms with van der Waals surface area (Å²) in [6.45, 7) is 0. The number of hydrogen-bond acceptors (Lipinski definition) is 2. The van der Waals surface area contributed by atoms with Crippen molar-refractivity contribution in [3.8, 4) is 17.1 Å². The highest BCUT2D eigenvalue weighted by Gasteiger charge is 2.04. The number of nitrogens with one attached hydrogen (secondary N) is 2. The van der Waals surface area contributed by atoms with Crippen molar-refractivity contribution in [1.29, 1.82) is 0 Å². The number of phenolic OH excluding ortho intramolecular Hbond substituents is 1. The van der Waals surface area contributed by atoms with Gasteiger partial charge in [-0.3, -0.25) is 5.10 Å². The second-order valence-electron chi connectivity index (χ2n) is 3.41. The molecule has 0 spiro atoms. The lowest BCUT2D eigenvalue weighted by Crippen LogP contribution is -1.75. The van der Waals surface area contributed by atoms with Crippen molar-refractivity contribution in [2.45, 2.75) is 0 Å². The molecule has 0 radical (unpaired) electrons. The first kappa shape index (κ1) is 8.11. The van der Waals surface area contributed by atoms with Gasteiger partial charge in [0.25, 0.3) is 0 Å². The van der Waals surface area contributed by atoms with E-state index >= 15 is 0 Å². The van der Waals surface area contributed by atoms with Gasteiger partial charge >= 0.3 is 0 Å². The van der Waals surface area contributed by atoms with Crippen molar-refractivity contribution in [3.05, 3.63) is 36.5 Å². The minimum atomic E-state index is 0.262. The highest BCUT2D eigenvalue weighted by Crippen LogP contribution is 2.24. The lowest BCUT2D eigenvalue weighted by molar-refractivity contribution is 0.476. The Balaban J connectivity index is 2.22. The molecule has 1 aromatic carbocycles. The first-order valence-corrected chi connectivity index (χ1v) is 4.65. The SMILES string of the molecule is Oc1ccc2cc(-c3cc[nH]n3)[nH]c2c1. The molecule has 4 heteroatoms. The monoisotopic (exact) mass is 199 g/mol. The Kier molecular flexibility index (Phi) is 1.56. The van der Waals surface area contributed by atoms with Crippen LogP contribution in [0.1, 0.15) is 0 Å². The van der Waals surface area contributed by atoms with Crippen molar-refractivity contribution >= 4 is 10.9 Å². The average Bonchev–Trinajstić information content (AvgIpc) is 2.84. The Labute approximate surface area is 85.6 Å². The molecular weight excluding hydrogens is 190 g/mol. The van der Waals surface area contributed by atoms with Crippen LogP contribution in [0.4, 0.5) is 0 Å². The van der Waals surface area contributed by atoms with Crippen LogP contribution in [0.15, 0.2) is 36.5 Å². The fraction of sp³-hybridized carbons (Fsp3) is 0. The molecule has 0 bridgehead atoms. The zero-order chi connectivity index (χ0) is 10.3. The summed E-state index contributed by atoms with van der Waals surface area (Å²) in [5, 5.41) is 17.2. The number of aromatic nitrogens is 3. The molecule has 0 aliphatic heterocycles. The minimum absolute atomic E-state index is 0.262. The summed E-state index contributed by atoms with van der Waals surface area (Å²) >= 11 is 0. The zero-order valence-corrected chi connectivity index (χ0v) is 7.86. The Morgan fingerprint density at radius 1 is 1.13 bits per heavy atom. The third kappa shape index (κ3) is 1.27. The molecule has 2 heterocycles. The van der Waals surface area contributed by atoms with Crippen LogP contribution >= 0.6 is 0 Å². The summed E-state index contributed by atoms with van der Waals surface area (Å²) < 4.78 is 0. The summed E-state index contributed by atoms with van der Waals surface area (Å²) in [6, 6.07) is 9.14. The second-order valence-corrected chi connectivity index (χ2v) is 3.41. The third-order valence-corrected chi connectivity index (χ3v) is 2.38. The van der Waals surface area contributed by atoms with E-state index in [0.717, 1.165) is 22.3 Å². The molecule has 0 aliphatic rings. The van der Waals surface area contributed by atoms with Gasteiger partial charge in [-0.2, -0.15) is 5.10 Å². The van der Waals surface area contributed by atoms with Crippen molar-refractivity contribution in [1.82, 2.24) is 15.2 Å². The summed E-state index contributed by atoms with van der Waals surface area (Å²) in [5.74, 6) is 0.262. The molecule has 74 valence electrons. The fourth-order valence-corrected chi connectivity index (χ4v) is 1.66. The van der Waals surface area contributed by atoms with Gasteiger partial charge in [-0.05, 0) is 24.3 Å². The van der Waals surface area contributed by atoms with E-state index in [-0.39, 0.29) is 5.75 Å². The Morgan fingerprint density at radius 3 is 2.87 bits per heavy atom. The minimum Gasteiger partial charge on any atom is -0.508 e. The van der Waals surface area contributed by atoms with Crippen LogP contribution in [0, 0.1) is 0 Å². The number of fused-ring (bicyclic) bond motifs is 1. The topological polar surface area (TPSA) is 64.7 Å². The van der Waals surface area contributed by atoms with Crippen LogP contribution < -0.4 is 0 Å². The fourth-order valence-electron chi connectivity index (χ4n) is 1.66. The van der Waals surface area contributed by atoms with E-state index in [0.29, 0.717) is 0 Å². The van der Waals surface area contributed by atoms with Crippen LogP contribution in [-0.2, 0) is 0 Å². The number of rotatable bonds is 1. The molecule has 3 N–H and O–H groups in total. The van der Waals surface area contributed by atoms with Crippen LogP contribution in [0.2, 0.25) is 0 Å². The average molecular weight is 199 g/mol. The predicted molar refractivity (Wildman–Crippen MR) is 57.5 cm³/mol. The van der Waals surface area contributed by atoms with Gasteiger partial charge in [0, 0.05) is 23.2 Å². The Hall–Kier alpha value is -2.23. The normalized spacial score (nSPS) is 10.9. The van der Waals surface area contributed by atoms with Crippen LogP contribution in [0.3, 0.4) is 0 Å². The second kappa shape index (κ2) is 2.88. The van der Waals surface area contributed by atoms with Crippen molar-refractivity contribution in [2.75, 3.05) is 0 Å². The largest absolute Gasteiger partial charge is 0.508 e. The summed E-state index contributed by atoms with van der Waals surface area (Å²) in [4.78, 5) is 3.20. The van der Waals surface area contributed by atoms with E-state index in [9.17, 15) is 5.11 Å².